The van der Waals surface area contributed by atoms with E-state index in [1.54, 1.807) is 32.2 Å². The largest absolute Gasteiger partial charge is 0.508 e. The first-order valence-corrected chi connectivity index (χ1v) is 4.99. The van der Waals surface area contributed by atoms with E-state index in [9.17, 15) is 9.90 Å². The number of rotatable bonds is 3. The first kappa shape index (κ1) is 10.0. The fraction of sp³-hybridized carbons (Fsp3) is 0.417. The zero-order valence-electron chi connectivity index (χ0n) is 8.91. The predicted octanol–water partition coefficient (Wildman–Crippen LogP) is 2.02. The molecule has 0 aromatic heterocycles. The monoisotopic (exact) mass is 206 g/mol. The molecule has 1 aliphatic rings. The van der Waals surface area contributed by atoms with Crippen molar-refractivity contribution in [2.75, 3.05) is 7.11 Å². The molecule has 0 radical (unpaired) electrons. The summed E-state index contributed by atoms with van der Waals surface area (Å²) in [7, 11) is 1.57. The maximum atomic E-state index is 11.5. The van der Waals surface area contributed by atoms with E-state index in [1.165, 1.54) is 0 Å². The Morgan fingerprint density at radius 2 is 2.13 bits per heavy atom. The molecule has 1 N–H and O–H groups in total. The van der Waals surface area contributed by atoms with E-state index in [0.29, 0.717) is 11.3 Å². The number of ether oxygens (including phenoxy) is 1. The number of hydrogen-bond donors (Lipinski definition) is 1. The Kier molecular flexibility index (Phi) is 2.18. The van der Waals surface area contributed by atoms with Gasteiger partial charge >= 0.3 is 0 Å². The summed E-state index contributed by atoms with van der Waals surface area (Å²) in [4.78, 5) is 11.5. The highest BCUT2D eigenvalue weighted by Crippen LogP contribution is 2.52. The van der Waals surface area contributed by atoms with Crippen LogP contribution in [-0.2, 0) is 10.2 Å². The molecular formula is C12H14O3. The molecule has 1 fully saturated rings. The third-order valence-corrected chi connectivity index (χ3v) is 3.14. The summed E-state index contributed by atoms with van der Waals surface area (Å²) in [6.07, 6.45) is 1.64. The maximum Gasteiger partial charge on any atom is 0.140 e. The van der Waals surface area contributed by atoms with Gasteiger partial charge in [-0.15, -0.1) is 0 Å². The number of aromatic hydroxyl groups is 1. The van der Waals surface area contributed by atoms with E-state index in [-0.39, 0.29) is 11.5 Å². The Morgan fingerprint density at radius 3 is 2.60 bits per heavy atom. The van der Waals surface area contributed by atoms with Gasteiger partial charge in [-0.1, -0.05) is 0 Å². The van der Waals surface area contributed by atoms with Crippen molar-refractivity contribution in [3.05, 3.63) is 23.8 Å². The molecule has 2 rings (SSSR count). The van der Waals surface area contributed by atoms with Gasteiger partial charge in [-0.25, -0.2) is 0 Å². The number of carbonyl (C=O) groups is 1. The molecule has 0 amide bonds. The molecule has 15 heavy (non-hydrogen) atoms. The smallest absolute Gasteiger partial charge is 0.140 e. The lowest BCUT2D eigenvalue weighted by Crippen LogP contribution is -2.17. The number of carbonyl (C=O) groups excluding carboxylic acids is 1. The molecule has 3 nitrogen and oxygen atoms in total. The van der Waals surface area contributed by atoms with Gasteiger partial charge in [-0.3, -0.25) is 4.79 Å². The average Bonchev–Trinajstić information content (AvgIpc) is 2.99. The zero-order valence-corrected chi connectivity index (χ0v) is 8.91. The highest BCUT2D eigenvalue weighted by Gasteiger charge is 2.50. The average molecular weight is 206 g/mol. The summed E-state index contributed by atoms with van der Waals surface area (Å²) >= 11 is 0. The summed E-state index contributed by atoms with van der Waals surface area (Å²) in [5.74, 6) is 0.977. The molecule has 1 aromatic carbocycles. The van der Waals surface area contributed by atoms with Crippen LogP contribution in [0.15, 0.2) is 18.2 Å². The normalized spacial score (nSPS) is 17.2. The van der Waals surface area contributed by atoms with Gasteiger partial charge < -0.3 is 9.84 Å². The minimum absolute atomic E-state index is 0.117. The van der Waals surface area contributed by atoms with Gasteiger partial charge in [-0.05, 0) is 38.0 Å². The van der Waals surface area contributed by atoms with E-state index < -0.39 is 5.41 Å². The highest BCUT2D eigenvalue weighted by atomic mass is 16.5. The SMILES string of the molecule is COc1ccc(O)c(C2(C(C)=O)CC2)c1. The number of Topliss-reactive ketones (excluding diaryl/α,β-unsaturated/α-hetero) is 1. The highest BCUT2D eigenvalue weighted by molar-refractivity contribution is 5.92. The lowest BCUT2D eigenvalue weighted by molar-refractivity contribution is -0.119. The van der Waals surface area contributed by atoms with Crippen LogP contribution in [0.25, 0.3) is 0 Å². The van der Waals surface area contributed by atoms with Crippen LogP contribution < -0.4 is 4.74 Å². The van der Waals surface area contributed by atoms with Crippen molar-refractivity contribution < 1.29 is 14.6 Å². The second kappa shape index (κ2) is 3.26. The van der Waals surface area contributed by atoms with Crippen LogP contribution in [0.2, 0.25) is 0 Å². The Hall–Kier alpha value is -1.51. The van der Waals surface area contributed by atoms with Crippen LogP contribution in [0, 0.1) is 0 Å². The standard InChI is InChI=1S/C12H14O3/c1-8(13)12(5-6-12)10-7-9(15-2)3-4-11(10)14/h3-4,7,14H,5-6H2,1-2H3. The van der Waals surface area contributed by atoms with Crippen LogP contribution >= 0.6 is 0 Å². The first-order chi connectivity index (χ1) is 7.10. The van der Waals surface area contributed by atoms with Gasteiger partial charge in [-0.2, -0.15) is 0 Å². The van der Waals surface area contributed by atoms with Crippen LogP contribution in [0.5, 0.6) is 11.5 Å². The molecule has 0 atom stereocenters. The summed E-state index contributed by atoms with van der Waals surface area (Å²) in [5.41, 5.74) is 0.257. The zero-order chi connectivity index (χ0) is 11.1. The van der Waals surface area contributed by atoms with Crippen molar-refractivity contribution in [3.63, 3.8) is 0 Å². The first-order valence-electron chi connectivity index (χ1n) is 4.99. The van der Waals surface area contributed by atoms with E-state index in [2.05, 4.69) is 0 Å². The fourth-order valence-corrected chi connectivity index (χ4v) is 1.96. The molecule has 3 heteroatoms. The van der Waals surface area contributed by atoms with Crippen LogP contribution in [0.1, 0.15) is 25.3 Å². The van der Waals surface area contributed by atoms with Crippen molar-refractivity contribution in [1.29, 1.82) is 0 Å². The summed E-state index contributed by atoms with van der Waals surface area (Å²) < 4.78 is 5.09. The van der Waals surface area contributed by atoms with Gasteiger partial charge in [0.25, 0.3) is 0 Å². The molecule has 1 saturated carbocycles. The third-order valence-electron chi connectivity index (χ3n) is 3.14. The topological polar surface area (TPSA) is 46.5 Å². The molecule has 0 heterocycles. The van der Waals surface area contributed by atoms with Crippen molar-refractivity contribution in [3.8, 4) is 11.5 Å². The van der Waals surface area contributed by atoms with Gasteiger partial charge in [0, 0.05) is 5.56 Å². The lowest BCUT2D eigenvalue weighted by atomic mass is 9.91. The maximum absolute atomic E-state index is 11.5. The molecule has 1 aliphatic carbocycles. The van der Waals surface area contributed by atoms with Gasteiger partial charge in [0.1, 0.15) is 17.3 Å². The van der Waals surface area contributed by atoms with E-state index in [4.69, 9.17) is 4.74 Å². The third kappa shape index (κ3) is 1.48. The Bertz CT molecular complexity index is 405. The number of methoxy groups -OCH3 is 1. The Labute approximate surface area is 88.7 Å². The summed E-state index contributed by atoms with van der Waals surface area (Å²) in [6.45, 7) is 1.58. The second-order valence-corrected chi connectivity index (χ2v) is 4.02. The minimum atomic E-state index is -0.446. The Balaban J connectivity index is 2.47. The fourth-order valence-electron chi connectivity index (χ4n) is 1.96. The van der Waals surface area contributed by atoms with E-state index in [0.717, 1.165) is 12.8 Å². The summed E-state index contributed by atoms with van der Waals surface area (Å²) in [6, 6.07) is 5.02. The number of phenols is 1. The number of hydrogen-bond acceptors (Lipinski definition) is 3. The van der Waals surface area contributed by atoms with Crippen molar-refractivity contribution in [2.45, 2.75) is 25.2 Å². The predicted molar refractivity (Wildman–Crippen MR) is 56.3 cm³/mol. The number of phenolic OH excluding ortho intramolecular Hbond substituents is 1. The van der Waals surface area contributed by atoms with Gasteiger partial charge in [0.2, 0.25) is 0 Å². The van der Waals surface area contributed by atoms with Crippen molar-refractivity contribution in [1.82, 2.24) is 0 Å². The number of ketones is 1. The molecule has 0 saturated heterocycles. The molecule has 1 aromatic rings. The van der Waals surface area contributed by atoms with Crippen LogP contribution in [0.3, 0.4) is 0 Å². The van der Waals surface area contributed by atoms with E-state index >= 15 is 0 Å². The molecule has 0 bridgehead atoms. The second-order valence-electron chi connectivity index (χ2n) is 4.02. The number of benzene rings is 1. The van der Waals surface area contributed by atoms with Gasteiger partial charge in [0.15, 0.2) is 0 Å². The Morgan fingerprint density at radius 1 is 1.47 bits per heavy atom. The quantitative estimate of drug-likeness (QED) is 0.823. The molecule has 0 spiro atoms. The van der Waals surface area contributed by atoms with Crippen LogP contribution in [0.4, 0.5) is 0 Å². The summed E-state index contributed by atoms with van der Waals surface area (Å²) in [5, 5.41) is 9.75. The minimum Gasteiger partial charge on any atom is -0.508 e. The van der Waals surface area contributed by atoms with Crippen LogP contribution in [-0.4, -0.2) is 18.0 Å². The van der Waals surface area contributed by atoms with E-state index in [1.807, 2.05) is 0 Å². The van der Waals surface area contributed by atoms with Crippen molar-refractivity contribution in [2.24, 2.45) is 0 Å². The van der Waals surface area contributed by atoms with Gasteiger partial charge in [0.05, 0.1) is 12.5 Å². The lowest BCUT2D eigenvalue weighted by Gasteiger charge is -2.14. The molecule has 0 aliphatic heterocycles. The van der Waals surface area contributed by atoms with Crippen molar-refractivity contribution >= 4 is 5.78 Å². The molecular weight excluding hydrogens is 192 g/mol. The molecule has 0 unspecified atom stereocenters. The molecule has 80 valence electrons.